The van der Waals surface area contributed by atoms with E-state index in [9.17, 15) is 19.3 Å². The molecule has 1 aromatic heterocycles. The number of carbonyl (C=O) groups excluding carboxylic acids is 1. The summed E-state index contributed by atoms with van der Waals surface area (Å²) in [7, 11) is 0. The van der Waals surface area contributed by atoms with Gasteiger partial charge >= 0.3 is 5.69 Å². The molecule has 0 radical (unpaired) electrons. The average molecular weight is 285 g/mol. The molecule has 0 aliphatic rings. The molecule has 1 heterocycles. The van der Waals surface area contributed by atoms with Gasteiger partial charge in [0.25, 0.3) is 5.91 Å². The molecular weight excluding hydrogens is 279 g/mol. The fourth-order valence-electron chi connectivity index (χ4n) is 1.36. The van der Waals surface area contributed by atoms with Gasteiger partial charge in [-0.05, 0) is 35.9 Å². The molecular formula is C11H6ClFN2O4. The van der Waals surface area contributed by atoms with Crippen molar-refractivity contribution < 1.29 is 18.5 Å². The number of anilines is 1. The summed E-state index contributed by atoms with van der Waals surface area (Å²) in [5.41, 5.74) is -0.652. The number of nitrogens with one attached hydrogen (secondary N) is 1. The lowest BCUT2D eigenvalue weighted by Gasteiger charge is -2.03. The van der Waals surface area contributed by atoms with Crippen LogP contribution in [0, 0.1) is 15.9 Å². The van der Waals surface area contributed by atoms with Crippen molar-refractivity contribution in [1.82, 2.24) is 0 Å². The van der Waals surface area contributed by atoms with Gasteiger partial charge in [-0.15, -0.1) is 0 Å². The van der Waals surface area contributed by atoms with Gasteiger partial charge in [-0.3, -0.25) is 14.9 Å². The number of amides is 1. The second-order valence-electron chi connectivity index (χ2n) is 3.48. The predicted octanol–water partition coefficient (Wildman–Crippen LogP) is 3.23. The molecule has 0 unspecified atom stereocenters. The largest absolute Gasteiger partial charge is 0.440 e. The summed E-state index contributed by atoms with van der Waals surface area (Å²) in [4.78, 5) is 21.3. The molecule has 98 valence electrons. The molecule has 0 atom stereocenters. The highest BCUT2D eigenvalue weighted by Gasteiger charge is 2.16. The lowest BCUT2D eigenvalue weighted by Crippen LogP contribution is -2.11. The van der Waals surface area contributed by atoms with Crippen LogP contribution in [0.3, 0.4) is 0 Å². The lowest BCUT2D eigenvalue weighted by molar-refractivity contribution is -0.387. The Bertz CT molecular complexity index is 656. The molecule has 6 nitrogen and oxygen atoms in total. The first-order valence-electron chi connectivity index (χ1n) is 4.98. The quantitative estimate of drug-likeness (QED) is 0.692. The number of benzene rings is 1. The van der Waals surface area contributed by atoms with E-state index in [2.05, 4.69) is 5.32 Å². The van der Waals surface area contributed by atoms with Crippen molar-refractivity contribution in [1.29, 1.82) is 0 Å². The number of carbonyl (C=O) groups is 1. The van der Waals surface area contributed by atoms with E-state index < -0.39 is 22.3 Å². The zero-order chi connectivity index (χ0) is 14.0. The van der Waals surface area contributed by atoms with E-state index in [1.807, 2.05) is 0 Å². The monoisotopic (exact) mass is 284 g/mol. The normalized spacial score (nSPS) is 10.2. The maximum absolute atomic E-state index is 13.1. The molecule has 0 aliphatic heterocycles. The molecule has 2 aromatic rings. The van der Waals surface area contributed by atoms with E-state index >= 15 is 0 Å². The van der Waals surface area contributed by atoms with Crippen molar-refractivity contribution in [3.63, 3.8) is 0 Å². The average Bonchev–Trinajstić information content (AvgIpc) is 2.78. The lowest BCUT2D eigenvalue weighted by atomic mass is 10.2. The van der Waals surface area contributed by atoms with Crippen LogP contribution in [0.25, 0.3) is 0 Å². The van der Waals surface area contributed by atoms with Crippen LogP contribution in [0.15, 0.2) is 34.7 Å². The van der Waals surface area contributed by atoms with Crippen LogP contribution in [-0.4, -0.2) is 10.8 Å². The highest BCUT2D eigenvalue weighted by molar-refractivity contribution is 6.29. The maximum Gasteiger partial charge on any atom is 0.306 e. The summed E-state index contributed by atoms with van der Waals surface area (Å²) in [6.45, 7) is 0. The first kappa shape index (κ1) is 13.0. The third-order valence-electron chi connectivity index (χ3n) is 2.20. The van der Waals surface area contributed by atoms with Gasteiger partial charge in [0.15, 0.2) is 11.0 Å². The van der Waals surface area contributed by atoms with Crippen molar-refractivity contribution in [2.24, 2.45) is 0 Å². The number of rotatable bonds is 3. The van der Waals surface area contributed by atoms with Gasteiger partial charge in [0.2, 0.25) is 5.82 Å². The van der Waals surface area contributed by atoms with Gasteiger partial charge < -0.3 is 9.73 Å². The van der Waals surface area contributed by atoms with Gasteiger partial charge in [0.1, 0.15) is 0 Å². The molecule has 0 saturated carbocycles. The molecule has 0 spiro atoms. The highest BCUT2D eigenvalue weighted by Crippen LogP contribution is 2.22. The van der Waals surface area contributed by atoms with Crippen molar-refractivity contribution in [3.8, 4) is 0 Å². The molecule has 8 heteroatoms. The molecule has 0 fully saturated rings. The summed E-state index contributed by atoms with van der Waals surface area (Å²) in [5.74, 6) is -1.69. The summed E-state index contributed by atoms with van der Waals surface area (Å²) in [6.07, 6.45) is 0. The topological polar surface area (TPSA) is 85.4 Å². The Morgan fingerprint density at radius 1 is 1.37 bits per heavy atom. The first-order chi connectivity index (χ1) is 8.97. The Morgan fingerprint density at radius 2 is 2.11 bits per heavy atom. The molecule has 19 heavy (non-hydrogen) atoms. The minimum absolute atomic E-state index is 0.0373. The zero-order valence-corrected chi connectivity index (χ0v) is 9.98. The smallest absolute Gasteiger partial charge is 0.306 e. The number of hydrogen-bond acceptors (Lipinski definition) is 4. The molecule has 2 rings (SSSR count). The Hall–Kier alpha value is -2.41. The Balaban J connectivity index is 2.22. The van der Waals surface area contributed by atoms with Gasteiger partial charge in [-0.25, -0.2) is 0 Å². The molecule has 0 saturated heterocycles. The third kappa shape index (κ3) is 2.89. The fraction of sp³-hybridized carbons (Fsp3) is 0. The van der Waals surface area contributed by atoms with Crippen molar-refractivity contribution in [2.45, 2.75) is 0 Å². The number of nitro groups is 1. The van der Waals surface area contributed by atoms with Gasteiger partial charge in [-0.1, -0.05) is 0 Å². The Kier molecular flexibility index (Phi) is 3.48. The number of nitro benzene ring substituents is 1. The Morgan fingerprint density at radius 3 is 2.68 bits per heavy atom. The van der Waals surface area contributed by atoms with E-state index in [0.717, 1.165) is 12.1 Å². The SMILES string of the molecule is O=C(Nc1ccc(F)c([N+](=O)[O-])c1)c1ccc(Cl)o1. The zero-order valence-electron chi connectivity index (χ0n) is 9.22. The van der Waals surface area contributed by atoms with E-state index in [0.29, 0.717) is 0 Å². The van der Waals surface area contributed by atoms with E-state index in [4.69, 9.17) is 16.0 Å². The van der Waals surface area contributed by atoms with Crippen LogP contribution in [0.2, 0.25) is 5.22 Å². The molecule has 1 aromatic carbocycles. The standard InChI is InChI=1S/C11H6ClFN2O4/c12-10-4-3-9(19-10)11(16)14-6-1-2-7(13)8(5-6)15(17)18/h1-5H,(H,14,16). The minimum atomic E-state index is -0.982. The van der Waals surface area contributed by atoms with Crippen molar-refractivity contribution >= 4 is 28.9 Å². The summed E-state index contributed by atoms with van der Waals surface area (Å²) in [5, 5.41) is 12.9. The summed E-state index contributed by atoms with van der Waals surface area (Å²) in [6, 6.07) is 5.73. The van der Waals surface area contributed by atoms with Crippen molar-refractivity contribution in [2.75, 3.05) is 5.32 Å². The maximum atomic E-state index is 13.1. The molecule has 1 amide bonds. The summed E-state index contributed by atoms with van der Waals surface area (Å²) >= 11 is 5.51. The van der Waals surface area contributed by atoms with Gasteiger partial charge in [-0.2, -0.15) is 4.39 Å². The third-order valence-corrected chi connectivity index (χ3v) is 2.40. The van der Waals surface area contributed by atoms with Gasteiger partial charge in [0, 0.05) is 11.8 Å². The van der Waals surface area contributed by atoms with E-state index in [-0.39, 0.29) is 16.7 Å². The number of halogens is 2. The van der Waals surface area contributed by atoms with Crippen LogP contribution in [0.5, 0.6) is 0 Å². The van der Waals surface area contributed by atoms with Crippen LogP contribution in [-0.2, 0) is 0 Å². The molecule has 0 bridgehead atoms. The van der Waals surface area contributed by atoms with Crippen LogP contribution in [0.1, 0.15) is 10.6 Å². The molecule has 1 N–H and O–H groups in total. The van der Waals surface area contributed by atoms with Crippen LogP contribution >= 0.6 is 11.6 Å². The van der Waals surface area contributed by atoms with Gasteiger partial charge in [0.05, 0.1) is 4.92 Å². The molecule has 0 aliphatic carbocycles. The van der Waals surface area contributed by atoms with Crippen LogP contribution in [0.4, 0.5) is 15.8 Å². The fourth-order valence-corrected chi connectivity index (χ4v) is 1.51. The Labute approximate surface area is 110 Å². The van der Waals surface area contributed by atoms with Crippen molar-refractivity contribution in [3.05, 3.63) is 57.2 Å². The first-order valence-corrected chi connectivity index (χ1v) is 5.36. The van der Waals surface area contributed by atoms with Crippen LogP contribution < -0.4 is 5.32 Å². The minimum Gasteiger partial charge on any atom is -0.440 e. The summed E-state index contributed by atoms with van der Waals surface area (Å²) < 4.78 is 18.0. The second kappa shape index (κ2) is 5.07. The number of hydrogen-bond donors (Lipinski definition) is 1. The predicted molar refractivity (Wildman–Crippen MR) is 64.7 cm³/mol. The van der Waals surface area contributed by atoms with E-state index in [1.165, 1.54) is 18.2 Å². The van der Waals surface area contributed by atoms with E-state index in [1.54, 1.807) is 0 Å². The highest BCUT2D eigenvalue weighted by atomic mass is 35.5. The number of furan rings is 1. The second-order valence-corrected chi connectivity index (χ2v) is 3.85. The number of nitrogens with zero attached hydrogens (tertiary/aromatic N) is 1.